The van der Waals surface area contributed by atoms with Crippen molar-refractivity contribution in [2.75, 3.05) is 7.11 Å². The average molecular weight is 409 g/mol. The predicted octanol–water partition coefficient (Wildman–Crippen LogP) is 3.31. The highest BCUT2D eigenvalue weighted by Gasteiger charge is 2.18. The standard InChI is InChI=1S/C22H23N3O5/c1-15-12-20(21(26)14-23-13-18(25(28)29)6-9-22(23)27)16(2)24(15)11-10-17-4-7-19(30-3)8-5-17/h4-9,12-13H,10-11,14H2,1-3H3. The highest BCUT2D eigenvalue weighted by molar-refractivity contribution is 5.97. The Bertz CT molecular complexity index is 1140. The van der Waals surface area contributed by atoms with Crippen LogP contribution in [0, 0.1) is 24.0 Å². The van der Waals surface area contributed by atoms with E-state index in [1.807, 2.05) is 38.1 Å². The first-order valence-electron chi connectivity index (χ1n) is 9.48. The van der Waals surface area contributed by atoms with Gasteiger partial charge in [-0.25, -0.2) is 0 Å². The smallest absolute Gasteiger partial charge is 0.285 e. The first-order chi connectivity index (χ1) is 14.3. The van der Waals surface area contributed by atoms with E-state index in [9.17, 15) is 19.7 Å². The molecule has 8 nitrogen and oxygen atoms in total. The fourth-order valence-corrected chi connectivity index (χ4v) is 3.45. The van der Waals surface area contributed by atoms with Crippen LogP contribution in [0.25, 0.3) is 0 Å². The van der Waals surface area contributed by atoms with E-state index in [0.29, 0.717) is 12.1 Å². The van der Waals surface area contributed by atoms with Crippen molar-refractivity contribution in [1.82, 2.24) is 9.13 Å². The third-order valence-electron chi connectivity index (χ3n) is 5.15. The molecule has 0 unspecified atom stereocenters. The van der Waals surface area contributed by atoms with Gasteiger partial charge in [0.2, 0.25) is 0 Å². The van der Waals surface area contributed by atoms with Crippen molar-refractivity contribution in [3.63, 3.8) is 0 Å². The lowest BCUT2D eigenvalue weighted by molar-refractivity contribution is -0.385. The number of carbonyl (C=O) groups is 1. The molecule has 3 aromatic rings. The van der Waals surface area contributed by atoms with Crippen molar-refractivity contribution in [1.29, 1.82) is 0 Å². The van der Waals surface area contributed by atoms with Crippen LogP contribution in [0.3, 0.4) is 0 Å². The molecule has 0 bridgehead atoms. The van der Waals surface area contributed by atoms with Crippen LogP contribution in [-0.2, 0) is 19.5 Å². The van der Waals surface area contributed by atoms with Gasteiger partial charge in [0, 0.05) is 35.6 Å². The Balaban J connectivity index is 1.77. The number of Topliss-reactive ketones (excluding diaryl/α,β-unsaturated/α-hetero) is 1. The SMILES string of the molecule is COc1ccc(CCn2c(C)cc(C(=O)Cn3cc([N+](=O)[O-])ccc3=O)c2C)cc1. The Kier molecular flexibility index (Phi) is 6.15. The molecular weight excluding hydrogens is 386 g/mol. The zero-order chi connectivity index (χ0) is 21.8. The number of hydrogen-bond donors (Lipinski definition) is 0. The van der Waals surface area contributed by atoms with Gasteiger partial charge in [-0.15, -0.1) is 0 Å². The van der Waals surface area contributed by atoms with E-state index in [1.54, 1.807) is 13.2 Å². The highest BCUT2D eigenvalue weighted by Crippen LogP contribution is 2.19. The Morgan fingerprint density at radius 3 is 2.47 bits per heavy atom. The van der Waals surface area contributed by atoms with Crippen LogP contribution in [0.4, 0.5) is 5.69 Å². The van der Waals surface area contributed by atoms with E-state index in [0.717, 1.165) is 52.0 Å². The molecule has 0 saturated heterocycles. The molecule has 0 atom stereocenters. The quantitative estimate of drug-likeness (QED) is 0.323. The lowest BCUT2D eigenvalue weighted by atomic mass is 10.1. The Labute approximate surface area is 173 Å². The van der Waals surface area contributed by atoms with Crippen LogP contribution < -0.4 is 10.3 Å². The first kappa shape index (κ1) is 21.0. The van der Waals surface area contributed by atoms with Crippen molar-refractivity contribution in [2.45, 2.75) is 33.4 Å². The second-order valence-electron chi connectivity index (χ2n) is 7.07. The largest absolute Gasteiger partial charge is 0.497 e. The Morgan fingerprint density at radius 2 is 1.83 bits per heavy atom. The molecule has 0 spiro atoms. The number of nitrogens with zero attached hydrogens (tertiary/aromatic N) is 3. The van der Waals surface area contributed by atoms with E-state index in [1.165, 1.54) is 0 Å². The number of carbonyl (C=O) groups excluding carboxylic acids is 1. The summed E-state index contributed by atoms with van der Waals surface area (Å²) < 4.78 is 8.31. The monoisotopic (exact) mass is 409 g/mol. The van der Waals surface area contributed by atoms with E-state index in [-0.39, 0.29) is 18.0 Å². The number of aromatic nitrogens is 2. The number of benzene rings is 1. The van der Waals surface area contributed by atoms with Gasteiger partial charge in [0.15, 0.2) is 5.78 Å². The lowest BCUT2D eigenvalue weighted by Gasteiger charge is -2.11. The maximum Gasteiger partial charge on any atom is 0.285 e. The zero-order valence-electron chi connectivity index (χ0n) is 17.1. The summed E-state index contributed by atoms with van der Waals surface area (Å²) in [7, 11) is 1.63. The second kappa shape index (κ2) is 8.77. The van der Waals surface area contributed by atoms with Crippen LogP contribution in [0.1, 0.15) is 27.3 Å². The molecule has 0 aliphatic carbocycles. The molecular formula is C22H23N3O5. The molecule has 2 heterocycles. The molecule has 0 saturated carbocycles. The van der Waals surface area contributed by atoms with Gasteiger partial charge in [-0.05, 0) is 44.0 Å². The van der Waals surface area contributed by atoms with Crippen molar-refractivity contribution in [2.24, 2.45) is 0 Å². The number of methoxy groups -OCH3 is 1. The lowest BCUT2D eigenvalue weighted by Crippen LogP contribution is -2.23. The van der Waals surface area contributed by atoms with Crippen LogP contribution in [0.5, 0.6) is 5.75 Å². The number of ether oxygens (including phenoxy) is 1. The van der Waals surface area contributed by atoms with Crippen molar-refractivity contribution >= 4 is 11.5 Å². The molecule has 0 amide bonds. The maximum absolute atomic E-state index is 12.8. The van der Waals surface area contributed by atoms with Crippen LogP contribution >= 0.6 is 0 Å². The topological polar surface area (TPSA) is 96.4 Å². The highest BCUT2D eigenvalue weighted by atomic mass is 16.6. The van der Waals surface area contributed by atoms with Gasteiger partial charge < -0.3 is 13.9 Å². The minimum Gasteiger partial charge on any atom is -0.497 e. The van der Waals surface area contributed by atoms with Gasteiger partial charge in [0.25, 0.3) is 11.2 Å². The Hall–Kier alpha value is -3.68. The number of aryl methyl sites for hydroxylation is 2. The van der Waals surface area contributed by atoms with E-state index in [2.05, 4.69) is 4.57 Å². The molecule has 3 rings (SSSR count). The number of rotatable bonds is 8. The molecule has 1 aromatic carbocycles. The molecule has 156 valence electrons. The average Bonchev–Trinajstić information content (AvgIpc) is 3.02. The summed E-state index contributed by atoms with van der Waals surface area (Å²) in [6.45, 7) is 4.25. The third-order valence-corrected chi connectivity index (χ3v) is 5.15. The molecule has 0 N–H and O–H groups in total. The van der Waals surface area contributed by atoms with Gasteiger partial charge in [-0.2, -0.15) is 0 Å². The predicted molar refractivity (Wildman–Crippen MR) is 112 cm³/mol. The number of pyridine rings is 1. The number of nitro groups is 1. The Morgan fingerprint density at radius 1 is 1.13 bits per heavy atom. The minimum absolute atomic E-state index is 0.229. The summed E-state index contributed by atoms with van der Waals surface area (Å²) in [5.41, 5.74) is 2.73. The summed E-state index contributed by atoms with van der Waals surface area (Å²) in [5, 5.41) is 10.9. The normalized spacial score (nSPS) is 10.8. The third kappa shape index (κ3) is 4.48. The summed E-state index contributed by atoms with van der Waals surface area (Å²) >= 11 is 0. The van der Waals surface area contributed by atoms with Crippen molar-refractivity contribution < 1.29 is 14.5 Å². The molecule has 2 aromatic heterocycles. The summed E-state index contributed by atoms with van der Waals surface area (Å²) in [5.74, 6) is 0.540. The fraction of sp³-hybridized carbons (Fsp3) is 0.273. The van der Waals surface area contributed by atoms with Gasteiger partial charge in [0.1, 0.15) is 5.75 Å². The molecule has 8 heteroatoms. The van der Waals surface area contributed by atoms with Gasteiger partial charge in [0.05, 0.1) is 24.8 Å². The molecule has 0 radical (unpaired) electrons. The van der Waals surface area contributed by atoms with Crippen molar-refractivity contribution in [3.05, 3.63) is 91.6 Å². The van der Waals surface area contributed by atoms with E-state index >= 15 is 0 Å². The molecule has 0 aliphatic rings. The van der Waals surface area contributed by atoms with E-state index < -0.39 is 10.5 Å². The fourth-order valence-electron chi connectivity index (χ4n) is 3.45. The summed E-state index contributed by atoms with van der Waals surface area (Å²) in [6.07, 6.45) is 1.89. The minimum atomic E-state index is -0.592. The summed E-state index contributed by atoms with van der Waals surface area (Å²) in [4.78, 5) is 35.2. The van der Waals surface area contributed by atoms with Gasteiger partial charge in [-0.3, -0.25) is 19.7 Å². The zero-order valence-corrected chi connectivity index (χ0v) is 17.1. The second-order valence-corrected chi connectivity index (χ2v) is 7.07. The van der Waals surface area contributed by atoms with Gasteiger partial charge in [-0.1, -0.05) is 12.1 Å². The van der Waals surface area contributed by atoms with Crippen LogP contribution in [0.15, 0.2) is 53.5 Å². The number of hydrogen-bond acceptors (Lipinski definition) is 5. The van der Waals surface area contributed by atoms with Crippen LogP contribution in [0.2, 0.25) is 0 Å². The summed E-state index contributed by atoms with van der Waals surface area (Å²) in [6, 6.07) is 11.9. The first-order valence-corrected chi connectivity index (χ1v) is 9.48. The van der Waals surface area contributed by atoms with Crippen LogP contribution in [-0.4, -0.2) is 27.0 Å². The van der Waals surface area contributed by atoms with Crippen molar-refractivity contribution in [3.8, 4) is 5.75 Å². The number of ketones is 1. The maximum atomic E-state index is 12.8. The van der Waals surface area contributed by atoms with Gasteiger partial charge >= 0.3 is 0 Å². The molecule has 0 aliphatic heterocycles. The molecule has 0 fully saturated rings. The van der Waals surface area contributed by atoms with E-state index in [4.69, 9.17) is 4.74 Å². The molecule has 30 heavy (non-hydrogen) atoms.